The molecule has 176 valence electrons. The smallest absolute Gasteiger partial charge is 0.423 e. The van der Waals surface area contributed by atoms with Gasteiger partial charge in [-0.25, -0.2) is 18.7 Å². The predicted molar refractivity (Wildman–Crippen MR) is 124 cm³/mol. The van der Waals surface area contributed by atoms with E-state index in [1.165, 1.54) is 24.5 Å². The molecule has 0 aliphatic rings. The van der Waals surface area contributed by atoms with Crippen molar-refractivity contribution in [3.63, 3.8) is 0 Å². The zero-order valence-corrected chi connectivity index (χ0v) is 18.3. The van der Waals surface area contributed by atoms with Crippen LogP contribution in [0.2, 0.25) is 0 Å². The third-order valence-electron chi connectivity index (χ3n) is 4.65. The molecule has 3 aromatic rings. The van der Waals surface area contributed by atoms with Gasteiger partial charge in [-0.2, -0.15) is 0 Å². The van der Waals surface area contributed by atoms with Crippen molar-refractivity contribution >= 4 is 36.2 Å². The molecule has 5 N–H and O–H groups in total. The van der Waals surface area contributed by atoms with E-state index >= 15 is 0 Å². The predicted octanol–water partition coefficient (Wildman–Crippen LogP) is 1.42. The summed E-state index contributed by atoms with van der Waals surface area (Å²) in [5, 5.41) is 20.9. The number of rotatable bonds is 8. The molecule has 0 saturated heterocycles. The molecule has 3 heterocycles. The summed E-state index contributed by atoms with van der Waals surface area (Å²) in [6.07, 6.45) is 3.48. The van der Waals surface area contributed by atoms with E-state index in [0.717, 1.165) is 6.21 Å². The molecule has 0 saturated carbocycles. The lowest BCUT2D eigenvalue weighted by Gasteiger charge is -2.12. The second-order valence-electron chi connectivity index (χ2n) is 7.42. The van der Waals surface area contributed by atoms with Crippen LogP contribution in [0, 0.1) is 0 Å². The van der Waals surface area contributed by atoms with Crippen LogP contribution < -0.4 is 16.5 Å². The van der Waals surface area contributed by atoms with E-state index in [4.69, 9.17) is 5.73 Å². The fourth-order valence-electron chi connectivity index (χ4n) is 2.92. The topological polar surface area (TPSA) is 152 Å². The van der Waals surface area contributed by atoms with E-state index in [0.29, 0.717) is 11.4 Å². The standard InChI is InChI=1S/C21H22BF2N7O3/c1-12(2)31-11-27-10-17(31)16-4-3-5-18(29-16)30-21(32)15(19(25)20(23)24)9-28-14-6-13(22(33)34)7-26-8-14/h3-12,20,33-34H,25H2,1-2H3,(H,29,30,32)/b19-15+,28-9?. The number of nitrogens with two attached hydrogens (primary N) is 1. The summed E-state index contributed by atoms with van der Waals surface area (Å²) < 4.78 is 28.5. The maximum atomic E-state index is 13.3. The van der Waals surface area contributed by atoms with E-state index in [1.54, 1.807) is 24.7 Å². The van der Waals surface area contributed by atoms with E-state index in [9.17, 15) is 23.6 Å². The number of halogens is 2. The molecule has 13 heteroatoms. The Kier molecular flexibility index (Phi) is 7.81. The Labute approximate surface area is 194 Å². The lowest BCUT2D eigenvalue weighted by atomic mass is 9.81. The zero-order valence-electron chi connectivity index (χ0n) is 18.3. The van der Waals surface area contributed by atoms with Gasteiger partial charge in [0.1, 0.15) is 5.82 Å². The minimum atomic E-state index is -3.12. The molecule has 0 aromatic carbocycles. The maximum Gasteiger partial charge on any atom is 0.490 e. The first kappa shape index (κ1) is 24.7. The highest BCUT2D eigenvalue weighted by atomic mass is 19.3. The third-order valence-corrected chi connectivity index (χ3v) is 4.65. The Morgan fingerprint density at radius 2 is 2.00 bits per heavy atom. The van der Waals surface area contributed by atoms with Crippen LogP contribution >= 0.6 is 0 Å². The average molecular weight is 469 g/mol. The molecule has 3 aromatic heterocycles. The van der Waals surface area contributed by atoms with Gasteiger partial charge in [-0.1, -0.05) is 6.07 Å². The van der Waals surface area contributed by atoms with Gasteiger partial charge in [-0.15, -0.1) is 0 Å². The van der Waals surface area contributed by atoms with Gasteiger partial charge >= 0.3 is 7.12 Å². The highest BCUT2D eigenvalue weighted by Gasteiger charge is 2.20. The first-order valence-corrected chi connectivity index (χ1v) is 10.1. The number of carbonyl (C=O) groups is 1. The Bertz CT molecular complexity index is 1230. The lowest BCUT2D eigenvalue weighted by molar-refractivity contribution is -0.112. The van der Waals surface area contributed by atoms with Crippen molar-refractivity contribution in [3.8, 4) is 11.4 Å². The zero-order chi connectivity index (χ0) is 24.8. The number of allylic oxidation sites excluding steroid dienone is 1. The molecule has 0 aliphatic heterocycles. The third kappa shape index (κ3) is 5.88. The van der Waals surface area contributed by atoms with Gasteiger partial charge in [0.15, 0.2) is 0 Å². The number of pyridine rings is 2. The first-order chi connectivity index (χ1) is 16.2. The number of hydrogen-bond donors (Lipinski definition) is 4. The number of hydrogen-bond acceptors (Lipinski definition) is 8. The second kappa shape index (κ2) is 10.8. The number of alkyl halides is 2. The van der Waals surface area contributed by atoms with Gasteiger partial charge in [-0.3, -0.25) is 14.8 Å². The normalized spacial score (nSPS) is 12.4. The molecule has 10 nitrogen and oxygen atoms in total. The van der Waals surface area contributed by atoms with Crippen LogP contribution in [0.1, 0.15) is 19.9 Å². The monoisotopic (exact) mass is 469 g/mol. The molecule has 1 amide bonds. The first-order valence-electron chi connectivity index (χ1n) is 10.1. The number of aromatic nitrogens is 4. The van der Waals surface area contributed by atoms with Crippen LogP contribution in [-0.2, 0) is 4.79 Å². The van der Waals surface area contributed by atoms with Crippen molar-refractivity contribution in [2.24, 2.45) is 10.7 Å². The maximum absolute atomic E-state index is 13.3. The quantitative estimate of drug-likeness (QED) is 0.221. The second-order valence-corrected chi connectivity index (χ2v) is 7.42. The van der Waals surface area contributed by atoms with Gasteiger partial charge in [0.25, 0.3) is 12.3 Å². The fraction of sp³-hybridized carbons (Fsp3) is 0.190. The van der Waals surface area contributed by atoms with Gasteiger partial charge in [0.05, 0.1) is 47.1 Å². The highest BCUT2D eigenvalue weighted by Crippen LogP contribution is 2.22. The fourth-order valence-corrected chi connectivity index (χ4v) is 2.92. The Balaban J connectivity index is 1.88. The summed E-state index contributed by atoms with van der Waals surface area (Å²) in [4.78, 5) is 29.0. The Morgan fingerprint density at radius 1 is 1.24 bits per heavy atom. The van der Waals surface area contributed by atoms with E-state index in [1.807, 2.05) is 18.4 Å². The molecular weight excluding hydrogens is 447 g/mol. The van der Waals surface area contributed by atoms with Crippen molar-refractivity contribution in [2.45, 2.75) is 26.3 Å². The van der Waals surface area contributed by atoms with Crippen LogP contribution in [0.25, 0.3) is 11.4 Å². The molecule has 0 spiro atoms. The largest absolute Gasteiger partial charge is 0.490 e. The summed E-state index contributed by atoms with van der Waals surface area (Å²) in [7, 11) is -1.79. The minimum absolute atomic E-state index is 0.0353. The molecule has 0 unspecified atom stereocenters. The molecule has 0 aliphatic carbocycles. The SMILES string of the molecule is CC(C)n1cncc1-c1cccc(NC(=O)/C(C=Nc2cncc(B(O)O)c2)=C(/N)C(F)F)n1. The lowest BCUT2D eigenvalue weighted by Crippen LogP contribution is -2.29. The molecule has 0 radical (unpaired) electrons. The van der Waals surface area contributed by atoms with Crippen LogP contribution in [-0.4, -0.2) is 55.2 Å². The number of amides is 1. The van der Waals surface area contributed by atoms with Crippen molar-refractivity contribution in [1.82, 2.24) is 19.5 Å². The van der Waals surface area contributed by atoms with E-state index in [2.05, 4.69) is 25.3 Å². The number of imidazole rings is 1. The minimum Gasteiger partial charge on any atom is -0.423 e. The summed E-state index contributed by atoms with van der Waals surface area (Å²) >= 11 is 0. The van der Waals surface area contributed by atoms with Crippen LogP contribution in [0.15, 0.2) is 65.4 Å². The van der Waals surface area contributed by atoms with E-state index < -0.39 is 30.7 Å². The number of anilines is 1. The average Bonchev–Trinajstić information content (AvgIpc) is 3.30. The highest BCUT2D eigenvalue weighted by molar-refractivity contribution is 6.58. The van der Waals surface area contributed by atoms with E-state index in [-0.39, 0.29) is 23.0 Å². The molecule has 34 heavy (non-hydrogen) atoms. The van der Waals surface area contributed by atoms with Gasteiger partial charge in [0.2, 0.25) is 0 Å². The molecule has 3 rings (SSSR count). The van der Waals surface area contributed by atoms with Gasteiger partial charge < -0.3 is 25.7 Å². The summed E-state index contributed by atoms with van der Waals surface area (Å²) in [6.45, 7) is 3.96. The molecule has 0 atom stereocenters. The van der Waals surface area contributed by atoms with Crippen molar-refractivity contribution in [1.29, 1.82) is 0 Å². The van der Waals surface area contributed by atoms with Crippen LogP contribution in [0.3, 0.4) is 0 Å². The van der Waals surface area contributed by atoms with Crippen molar-refractivity contribution in [2.75, 3.05) is 5.32 Å². The number of nitrogens with zero attached hydrogens (tertiary/aromatic N) is 5. The summed E-state index contributed by atoms with van der Waals surface area (Å²) in [6, 6.07) is 6.27. The number of carbonyl (C=O) groups excluding carboxylic acids is 1. The van der Waals surface area contributed by atoms with Gasteiger partial charge in [0, 0.05) is 23.9 Å². The molecule has 0 bridgehead atoms. The number of aliphatic imine (C=N–C) groups is 1. The molecule has 0 fully saturated rings. The van der Waals surface area contributed by atoms with Crippen molar-refractivity contribution in [3.05, 3.63) is 60.5 Å². The molecular formula is C21H22BF2N7O3. The Hall–Kier alpha value is -3.97. The van der Waals surface area contributed by atoms with Crippen LogP contribution in [0.4, 0.5) is 20.3 Å². The summed E-state index contributed by atoms with van der Waals surface area (Å²) in [5.41, 5.74) is 5.28. The van der Waals surface area contributed by atoms with Crippen molar-refractivity contribution < 1.29 is 23.6 Å². The summed E-state index contributed by atoms with van der Waals surface area (Å²) in [5.74, 6) is -0.839. The van der Waals surface area contributed by atoms with Crippen LogP contribution in [0.5, 0.6) is 0 Å². The Morgan fingerprint density at radius 3 is 2.68 bits per heavy atom. The van der Waals surface area contributed by atoms with Gasteiger partial charge in [-0.05, 0) is 32.0 Å². The number of nitrogens with one attached hydrogen (secondary N) is 1.